The Hall–Kier alpha value is -1.95. The SMILES string of the molecule is O=c1[nH]c(=O)n(Cc2cccc(Cl)n2)cc1F. The summed E-state index contributed by atoms with van der Waals surface area (Å²) in [6.07, 6.45) is 0.837. The maximum atomic E-state index is 13.0. The monoisotopic (exact) mass is 255 g/mol. The summed E-state index contributed by atoms with van der Waals surface area (Å²) in [7, 11) is 0. The van der Waals surface area contributed by atoms with E-state index in [0.717, 1.165) is 10.8 Å². The first-order valence-corrected chi connectivity index (χ1v) is 5.05. The van der Waals surface area contributed by atoms with Crippen LogP contribution in [0.3, 0.4) is 0 Å². The predicted molar refractivity (Wildman–Crippen MR) is 59.6 cm³/mol. The van der Waals surface area contributed by atoms with Crippen LogP contribution in [-0.2, 0) is 6.54 Å². The van der Waals surface area contributed by atoms with Crippen molar-refractivity contribution in [2.24, 2.45) is 0 Å². The summed E-state index contributed by atoms with van der Waals surface area (Å²) in [6.45, 7) is 0.0348. The van der Waals surface area contributed by atoms with Crippen molar-refractivity contribution in [3.05, 3.63) is 61.9 Å². The lowest BCUT2D eigenvalue weighted by Crippen LogP contribution is -2.31. The molecule has 0 saturated carbocycles. The highest BCUT2D eigenvalue weighted by molar-refractivity contribution is 6.29. The molecule has 2 heterocycles. The molecule has 5 nitrogen and oxygen atoms in total. The minimum Gasteiger partial charge on any atom is -0.292 e. The van der Waals surface area contributed by atoms with Crippen molar-refractivity contribution in [2.75, 3.05) is 0 Å². The molecule has 0 fully saturated rings. The molecule has 0 unspecified atom stereocenters. The second-order valence-electron chi connectivity index (χ2n) is 3.32. The summed E-state index contributed by atoms with van der Waals surface area (Å²) >= 11 is 5.68. The van der Waals surface area contributed by atoms with Gasteiger partial charge in [-0.25, -0.2) is 9.78 Å². The standard InChI is InChI=1S/C10H7ClFN3O2/c11-8-3-1-2-6(13-8)4-15-5-7(12)9(16)14-10(15)17/h1-3,5H,4H2,(H,14,16,17). The van der Waals surface area contributed by atoms with E-state index in [1.165, 1.54) is 0 Å². The lowest BCUT2D eigenvalue weighted by atomic mass is 10.3. The molecule has 0 aliphatic heterocycles. The molecular weight excluding hydrogens is 249 g/mol. The molecule has 0 aromatic carbocycles. The fraction of sp³-hybridized carbons (Fsp3) is 0.100. The third-order valence-electron chi connectivity index (χ3n) is 2.07. The molecule has 0 atom stereocenters. The number of nitrogens with zero attached hydrogens (tertiary/aromatic N) is 2. The lowest BCUT2D eigenvalue weighted by molar-refractivity contribution is 0.564. The van der Waals surface area contributed by atoms with Gasteiger partial charge in [0.2, 0.25) is 5.82 Å². The van der Waals surface area contributed by atoms with Crippen LogP contribution >= 0.6 is 11.6 Å². The fourth-order valence-corrected chi connectivity index (χ4v) is 1.49. The zero-order valence-corrected chi connectivity index (χ0v) is 9.24. The maximum absolute atomic E-state index is 13.0. The second-order valence-corrected chi connectivity index (χ2v) is 3.70. The molecule has 2 aromatic rings. The molecule has 0 spiro atoms. The fourth-order valence-electron chi connectivity index (χ4n) is 1.31. The molecule has 0 radical (unpaired) electrons. The average Bonchev–Trinajstić information content (AvgIpc) is 2.26. The predicted octanol–water partition coefficient (Wildman–Crippen LogP) is 0.772. The van der Waals surface area contributed by atoms with Crippen molar-refractivity contribution >= 4 is 11.6 Å². The molecule has 0 bridgehead atoms. The molecule has 2 aromatic heterocycles. The van der Waals surface area contributed by atoms with Crippen LogP contribution in [0.4, 0.5) is 4.39 Å². The Morgan fingerprint density at radius 1 is 1.41 bits per heavy atom. The van der Waals surface area contributed by atoms with Crippen LogP contribution in [0.25, 0.3) is 0 Å². The summed E-state index contributed by atoms with van der Waals surface area (Å²) in [6, 6.07) is 4.89. The molecule has 1 N–H and O–H groups in total. The van der Waals surface area contributed by atoms with Gasteiger partial charge < -0.3 is 0 Å². The third-order valence-corrected chi connectivity index (χ3v) is 2.28. The Morgan fingerprint density at radius 3 is 2.88 bits per heavy atom. The van der Waals surface area contributed by atoms with Gasteiger partial charge in [0.1, 0.15) is 5.15 Å². The van der Waals surface area contributed by atoms with E-state index in [1.54, 1.807) is 18.2 Å². The quantitative estimate of drug-likeness (QED) is 0.806. The van der Waals surface area contributed by atoms with Crippen LogP contribution in [0, 0.1) is 5.82 Å². The van der Waals surface area contributed by atoms with Gasteiger partial charge in [-0.1, -0.05) is 17.7 Å². The summed E-state index contributed by atoms with van der Waals surface area (Å²) in [5.41, 5.74) is -1.24. The van der Waals surface area contributed by atoms with Gasteiger partial charge in [-0.15, -0.1) is 0 Å². The second kappa shape index (κ2) is 4.50. The van der Waals surface area contributed by atoms with Gasteiger partial charge in [0.05, 0.1) is 18.4 Å². The van der Waals surface area contributed by atoms with Gasteiger partial charge >= 0.3 is 5.69 Å². The highest BCUT2D eigenvalue weighted by Crippen LogP contribution is 2.05. The summed E-state index contributed by atoms with van der Waals surface area (Å²) < 4.78 is 14.0. The highest BCUT2D eigenvalue weighted by atomic mass is 35.5. The minimum absolute atomic E-state index is 0.0348. The largest absolute Gasteiger partial charge is 0.328 e. The first kappa shape index (κ1) is 11.5. The van der Waals surface area contributed by atoms with Crippen LogP contribution in [0.15, 0.2) is 34.0 Å². The van der Waals surface area contributed by atoms with Gasteiger partial charge in [0.25, 0.3) is 5.56 Å². The van der Waals surface area contributed by atoms with Crippen molar-refractivity contribution in [3.8, 4) is 0 Å². The maximum Gasteiger partial charge on any atom is 0.328 e. The van der Waals surface area contributed by atoms with Gasteiger partial charge in [0.15, 0.2) is 0 Å². The topological polar surface area (TPSA) is 67.8 Å². The van der Waals surface area contributed by atoms with Crippen molar-refractivity contribution in [2.45, 2.75) is 6.54 Å². The molecule has 2 rings (SSSR count). The Bertz CT molecular complexity index is 665. The zero-order chi connectivity index (χ0) is 12.4. The van der Waals surface area contributed by atoms with E-state index in [2.05, 4.69) is 4.98 Å². The molecule has 88 valence electrons. The molecule has 17 heavy (non-hydrogen) atoms. The molecule has 0 aliphatic rings. The van der Waals surface area contributed by atoms with Crippen LogP contribution in [0.1, 0.15) is 5.69 Å². The Balaban J connectivity index is 2.40. The van der Waals surface area contributed by atoms with Gasteiger partial charge in [-0.05, 0) is 12.1 Å². The van der Waals surface area contributed by atoms with E-state index < -0.39 is 17.1 Å². The lowest BCUT2D eigenvalue weighted by Gasteiger charge is -2.04. The van der Waals surface area contributed by atoms with E-state index in [4.69, 9.17) is 11.6 Å². The Morgan fingerprint density at radius 2 is 2.18 bits per heavy atom. The van der Waals surface area contributed by atoms with E-state index in [1.807, 2.05) is 4.98 Å². The summed E-state index contributed by atoms with van der Waals surface area (Å²) in [5.74, 6) is -1.02. The molecule has 0 aliphatic carbocycles. The first-order valence-electron chi connectivity index (χ1n) is 4.67. The summed E-state index contributed by atoms with van der Waals surface area (Å²) in [5, 5.41) is 0.278. The van der Waals surface area contributed by atoms with E-state index in [-0.39, 0.29) is 11.7 Å². The zero-order valence-electron chi connectivity index (χ0n) is 8.48. The number of hydrogen-bond donors (Lipinski definition) is 1. The average molecular weight is 256 g/mol. The number of halogens is 2. The highest BCUT2D eigenvalue weighted by Gasteiger charge is 2.05. The first-order chi connectivity index (χ1) is 8.06. The van der Waals surface area contributed by atoms with E-state index in [9.17, 15) is 14.0 Å². The van der Waals surface area contributed by atoms with E-state index in [0.29, 0.717) is 5.69 Å². The number of H-pyrrole nitrogens is 1. The van der Waals surface area contributed by atoms with Crippen molar-refractivity contribution in [1.29, 1.82) is 0 Å². The van der Waals surface area contributed by atoms with Crippen molar-refractivity contribution < 1.29 is 4.39 Å². The minimum atomic E-state index is -1.04. The molecular formula is C10H7ClFN3O2. The van der Waals surface area contributed by atoms with Crippen LogP contribution in [0.2, 0.25) is 5.15 Å². The van der Waals surface area contributed by atoms with Crippen LogP contribution in [0.5, 0.6) is 0 Å². The van der Waals surface area contributed by atoms with E-state index >= 15 is 0 Å². The number of aromatic amines is 1. The number of pyridine rings is 1. The third kappa shape index (κ3) is 2.59. The number of aromatic nitrogens is 3. The number of hydrogen-bond acceptors (Lipinski definition) is 3. The smallest absolute Gasteiger partial charge is 0.292 e. The van der Waals surface area contributed by atoms with Crippen LogP contribution in [-0.4, -0.2) is 14.5 Å². The Kier molecular flexibility index (Phi) is 3.06. The van der Waals surface area contributed by atoms with Crippen LogP contribution < -0.4 is 11.2 Å². The van der Waals surface area contributed by atoms with Crippen molar-refractivity contribution in [3.63, 3.8) is 0 Å². The normalized spacial score (nSPS) is 10.5. The summed E-state index contributed by atoms with van der Waals surface area (Å²) in [4.78, 5) is 28.0. The van der Waals surface area contributed by atoms with Gasteiger partial charge in [-0.3, -0.25) is 14.3 Å². The number of rotatable bonds is 2. The van der Waals surface area contributed by atoms with Gasteiger partial charge in [-0.2, -0.15) is 4.39 Å². The number of nitrogens with one attached hydrogen (secondary N) is 1. The molecule has 7 heteroatoms. The molecule has 0 amide bonds. The Labute approximate surface area is 99.5 Å². The van der Waals surface area contributed by atoms with Gasteiger partial charge in [0, 0.05) is 0 Å². The molecule has 0 saturated heterocycles. The van der Waals surface area contributed by atoms with Crippen molar-refractivity contribution in [1.82, 2.24) is 14.5 Å².